The molecule has 2 N–H and O–H groups in total. The molecule has 1 aliphatic heterocycles. The van der Waals surface area contributed by atoms with Crippen LogP contribution in [0.5, 0.6) is 0 Å². The van der Waals surface area contributed by atoms with Crippen LogP contribution in [0, 0.1) is 0 Å². The number of sulfonamides is 1. The second-order valence-electron chi connectivity index (χ2n) is 4.43. The van der Waals surface area contributed by atoms with Crippen molar-refractivity contribution in [1.29, 1.82) is 0 Å². The van der Waals surface area contributed by atoms with E-state index in [0.29, 0.717) is 13.1 Å². The number of rotatable bonds is 2. The number of anilines is 1. The molecule has 0 amide bonds. The summed E-state index contributed by atoms with van der Waals surface area (Å²) < 4.78 is 29.7. The van der Waals surface area contributed by atoms with E-state index in [2.05, 4.69) is 10.1 Å². The molecule has 0 spiro atoms. The number of hydrogen-bond acceptors (Lipinski definition) is 5. The Kier molecular flexibility index (Phi) is 2.61. The molecular weight excluding hydrogens is 268 g/mol. The first-order valence-corrected chi connectivity index (χ1v) is 7.22. The van der Waals surface area contributed by atoms with Crippen molar-refractivity contribution in [1.82, 2.24) is 23.6 Å². The van der Waals surface area contributed by atoms with Gasteiger partial charge in [-0.05, 0) is 0 Å². The molecule has 19 heavy (non-hydrogen) atoms. The molecule has 0 radical (unpaired) electrons. The number of nitrogen functional groups attached to an aromatic ring is 1. The maximum atomic E-state index is 12.5. The van der Waals surface area contributed by atoms with E-state index in [1.165, 1.54) is 15.2 Å². The van der Waals surface area contributed by atoms with Crippen LogP contribution >= 0.6 is 0 Å². The van der Waals surface area contributed by atoms with Crippen LogP contribution in [-0.2, 0) is 30.2 Å². The summed E-state index contributed by atoms with van der Waals surface area (Å²) in [5.74, 6) is 0.758. The molecule has 0 fully saturated rings. The van der Waals surface area contributed by atoms with Crippen LogP contribution in [0.3, 0.4) is 0 Å². The lowest BCUT2D eigenvalue weighted by Gasteiger charge is -2.26. The van der Waals surface area contributed by atoms with Crippen molar-refractivity contribution in [2.24, 2.45) is 7.05 Å². The zero-order chi connectivity index (χ0) is 13.6. The zero-order valence-corrected chi connectivity index (χ0v) is 11.2. The molecule has 0 saturated carbocycles. The fraction of sp³-hybridized carbons (Fsp3) is 0.400. The predicted molar refractivity (Wildman–Crippen MR) is 67.4 cm³/mol. The third-order valence-electron chi connectivity index (χ3n) is 3.15. The smallest absolute Gasteiger partial charge is 0.248 e. The zero-order valence-electron chi connectivity index (χ0n) is 10.4. The number of aryl methyl sites for hydroxylation is 1. The Morgan fingerprint density at radius 3 is 2.84 bits per heavy atom. The van der Waals surface area contributed by atoms with E-state index in [9.17, 15) is 8.42 Å². The minimum absolute atomic E-state index is 0.0245. The predicted octanol–water partition coefficient (Wildman–Crippen LogP) is -0.597. The minimum atomic E-state index is -3.62. The van der Waals surface area contributed by atoms with E-state index in [0.717, 1.165) is 5.82 Å². The monoisotopic (exact) mass is 282 g/mol. The Hall–Kier alpha value is -1.87. The molecule has 3 heterocycles. The van der Waals surface area contributed by atoms with Gasteiger partial charge in [-0.1, -0.05) is 0 Å². The number of nitrogens with two attached hydrogens (primary N) is 1. The van der Waals surface area contributed by atoms with E-state index in [1.807, 2.05) is 10.8 Å². The molecular formula is C10H14N6O2S. The van der Waals surface area contributed by atoms with Gasteiger partial charge in [-0.25, -0.2) is 13.4 Å². The summed E-state index contributed by atoms with van der Waals surface area (Å²) in [6.45, 7) is 1.25. The summed E-state index contributed by atoms with van der Waals surface area (Å²) in [5, 5.41) is 3.87. The molecule has 2 aromatic rings. The first kappa shape index (κ1) is 12.2. The summed E-state index contributed by atoms with van der Waals surface area (Å²) >= 11 is 0. The van der Waals surface area contributed by atoms with Gasteiger partial charge in [-0.3, -0.25) is 4.68 Å². The molecule has 0 atom stereocenters. The van der Waals surface area contributed by atoms with Crippen molar-refractivity contribution in [3.05, 3.63) is 24.4 Å². The van der Waals surface area contributed by atoms with Crippen LogP contribution in [0.25, 0.3) is 0 Å². The van der Waals surface area contributed by atoms with Crippen LogP contribution in [0.2, 0.25) is 0 Å². The number of nitrogens with zero attached hydrogens (tertiary/aromatic N) is 5. The molecule has 0 aliphatic carbocycles. The molecule has 0 saturated heterocycles. The fourth-order valence-electron chi connectivity index (χ4n) is 2.18. The lowest BCUT2D eigenvalue weighted by atomic mass is 10.4. The molecule has 0 aromatic carbocycles. The van der Waals surface area contributed by atoms with Gasteiger partial charge in [0.2, 0.25) is 10.0 Å². The molecule has 0 bridgehead atoms. The van der Waals surface area contributed by atoms with Gasteiger partial charge < -0.3 is 10.3 Å². The van der Waals surface area contributed by atoms with Gasteiger partial charge in [0.05, 0.1) is 6.54 Å². The van der Waals surface area contributed by atoms with Gasteiger partial charge in [0, 0.05) is 38.7 Å². The number of imidazole rings is 1. The van der Waals surface area contributed by atoms with Crippen LogP contribution in [-0.4, -0.2) is 38.6 Å². The summed E-state index contributed by atoms with van der Waals surface area (Å²) in [6.07, 6.45) is 4.94. The van der Waals surface area contributed by atoms with Crippen molar-refractivity contribution < 1.29 is 8.42 Å². The van der Waals surface area contributed by atoms with Crippen LogP contribution in [0.15, 0.2) is 23.5 Å². The van der Waals surface area contributed by atoms with Crippen molar-refractivity contribution in [2.45, 2.75) is 18.0 Å². The average molecular weight is 282 g/mol. The van der Waals surface area contributed by atoms with Crippen molar-refractivity contribution in [2.75, 3.05) is 12.3 Å². The molecule has 3 rings (SSSR count). The van der Waals surface area contributed by atoms with E-state index in [1.54, 1.807) is 13.2 Å². The second-order valence-corrected chi connectivity index (χ2v) is 6.33. The summed E-state index contributed by atoms with van der Waals surface area (Å²) in [7, 11) is -1.98. The standard InChI is InChI=1S/C10H14N6O2S/c1-14-6-8(10(11)13-14)19(17,18)16-5-4-15-3-2-12-9(15)7-16/h2-3,6H,4-5,7H2,1H3,(H2,11,13). The van der Waals surface area contributed by atoms with Crippen LogP contribution in [0.1, 0.15) is 5.82 Å². The summed E-state index contributed by atoms with van der Waals surface area (Å²) in [5.41, 5.74) is 5.65. The second kappa shape index (κ2) is 4.07. The van der Waals surface area contributed by atoms with E-state index in [4.69, 9.17) is 5.73 Å². The van der Waals surface area contributed by atoms with Crippen LogP contribution < -0.4 is 5.73 Å². The average Bonchev–Trinajstić information content (AvgIpc) is 2.94. The Balaban J connectivity index is 1.96. The van der Waals surface area contributed by atoms with E-state index < -0.39 is 10.0 Å². The molecule has 9 heteroatoms. The van der Waals surface area contributed by atoms with Gasteiger partial charge in [-0.2, -0.15) is 9.40 Å². The lowest BCUT2D eigenvalue weighted by Crippen LogP contribution is -2.38. The van der Waals surface area contributed by atoms with E-state index >= 15 is 0 Å². The van der Waals surface area contributed by atoms with Crippen molar-refractivity contribution >= 4 is 15.8 Å². The molecule has 2 aromatic heterocycles. The quantitative estimate of drug-likeness (QED) is 0.793. The van der Waals surface area contributed by atoms with Crippen molar-refractivity contribution in [3.8, 4) is 0 Å². The molecule has 8 nitrogen and oxygen atoms in total. The van der Waals surface area contributed by atoms with E-state index in [-0.39, 0.29) is 17.3 Å². The van der Waals surface area contributed by atoms with Gasteiger partial charge in [0.25, 0.3) is 0 Å². The maximum absolute atomic E-state index is 12.5. The number of fused-ring (bicyclic) bond motifs is 1. The Labute approximate surface area is 110 Å². The number of hydrogen-bond donors (Lipinski definition) is 1. The normalized spacial score (nSPS) is 16.5. The van der Waals surface area contributed by atoms with Gasteiger partial charge in [0.15, 0.2) is 5.82 Å². The summed E-state index contributed by atoms with van der Waals surface area (Å²) in [4.78, 5) is 4.20. The number of aromatic nitrogens is 4. The topological polar surface area (TPSA) is 99.0 Å². The highest BCUT2D eigenvalue weighted by molar-refractivity contribution is 7.89. The third kappa shape index (κ3) is 1.90. The van der Waals surface area contributed by atoms with Crippen molar-refractivity contribution in [3.63, 3.8) is 0 Å². The highest BCUT2D eigenvalue weighted by atomic mass is 32.2. The first-order valence-electron chi connectivity index (χ1n) is 5.78. The fourth-order valence-corrected chi connectivity index (χ4v) is 3.65. The lowest BCUT2D eigenvalue weighted by molar-refractivity contribution is 0.335. The highest BCUT2D eigenvalue weighted by Gasteiger charge is 2.31. The molecule has 1 aliphatic rings. The van der Waals surface area contributed by atoms with Crippen LogP contribution in [0.4, 0.5) is 5.82 Å². The molecule has 0 unspecified atom stereocenters. The van der Waals surface area contributed by atoms with Gasteiger partial charge in [-0.15, -0.1) is 0 Å². The minimum Gasteiger partial charge on any atom is -0.381 e. The Morgan fingerprint density at radius 2 is 2.16 bits per heavy atom. The Bertz CT molecular complexity index is 716. The van der Waals surface area contributed by atoms with Gasteiger partial charge >= 0.3 is 0 Å². The maximum Gasteiger partial charge on any atom is 0.248 e. The third-order valence-corrected chi connectivity index (χ3v) is 5.01. The van der Waals surface area contributed by atoms with Gasteiger partial charge in [0.1, 0.15) is 10.7 Å². The first-order chi connectivity index (χ1) is 8.98. The largest absolute Gasteiger partial charge is 0.381 e. The Morgan fingerprint density at radius 1 is 1.37 bits per heavy atom. The highest BCUT2D eigenvalue weighted by Crippen LogP contribution is 2.24. The SMILES string of the molecule is Cn1cc(S(=O)(=O)N2CCn3ccnc3C2)c(N)n1. The summed E-state index contributed by atoms with van der Waals surface area (Å²) in [6, 6.07) is 0. The molecule has 102 valence electrons.